The number of esters is 1. The van der Waals surface area contributed by atoms with E-state index in [4.69, 9.17) is 4.52 Å². The predicted octanol–water partition coefficient (Wildman–Crippen LogP) is 2.36. The summed E-state index contributed by atoms with van der Waals surface area (Å²) in [5.41, 5.74) is 0.596. The molecule has 124 valence electrons. The van der Waals surface area contributed by atoms with Crippen molar-refractivity contribution in [1.82, 2.24) is 9.46 Å². The molecule has 1 saturated heterocycles. The molecule has 0 spiro atoms. The average Bonchev–Trinajstić information content (AvgIpc) is 3.25. The van der Waals surface area contributed by atoms with Crippen LogP contribution in [0.1, 0.15) is 40.0 Å². The van der Waals surface area contributed by atoms with Crippen molar-refractivity contribution < 1.29 is 22.5 Å². The van der Waals surface area contributed by atoms with Gasteiger partial charge in [0.25, 0.3) is 0 Å². The molecule has 3 rings (SSSR count). The lowest BCUT2D eigenvalue weighted by atomic mass is 10.1. The van der Waals surface area contributed by atoms with Crippen LogP contribution in [0.5, 0.6) is 0 Å². The zero-order valence-corrected chi connectivity index (χ0v) is 14.3. The van der Waals surface area contributed by atoms with Crippen molar-refractivity contribution in [3.05, 3.63) is 33.8 Å². The van der Waals surface area contributed by atoms with Crippen LogP contribution in [0, 0.1) is 6.92 Å². The van der Waals surface area contributed by atoms with E-state index in [1.54, 1.807) is 18.4 Å². The molecule has 1 fully saturated rings. The van der Waals surface area contributed by atoms with Crippen molar-refractivity contribution in [1.29, 1.82) is 0 Å². The van der Waals surface area contributed by atoms with E-state index in [-0.39, 0.29) is 15.8 Å². The number of carbonyl (C=O) groups excluding carboxylic acids is 1. The van der Waals surface area contributed by atoms with E-state index in [9.17, 15) is 13.2 Å². The molecule has 9 heteroatoms. The van der Waals surface area contributed by atoms with Crippen LogP contribution in [0.15, 0.2) is 26.9 Å². The number of ether oxygens (including phenoxy) is 1. The summed E-state index contributed by atoms with van der Waals surface area (Å²) >= 11 is 1.05. The molecule has 7 nitrogen and oxygen atoms in total. The van der Waals surface area contributed by atoms with Crippen molar-refractivity contribution in [2.75, 3.05) is 13.7 Å². The van der Waals surface area contributed by atoms with Crippen LogP contribution in [0.4, 0.5) is 0 Å². The summed E-state index contributed by atoms with van der Waals surface area (Å²) in [5, 5.41) is 5.52. The molecule has 1 aliphatic rings. The minimum absolute atomic E-state index is 0.0125. The summed E-state index contributed by atoms with van der Waals surface area (Å²) in [7, 11) is -2.58. The molecule has 0 aliphatic carbocycles. The third-order valence-electron chi connectivity index (χ3n) is 3.78. The fourth-order valence-corrected chi connectivity index (χ4v) is 5.71. The summed E-state index contributed by atoms with van der Waals surface area (Å²) in [6.45, 7) is 2.15. The van der Waals surface area contributed by atoms with Gasteiger partial charge in [-0.05, 0) is 31.2 Å². The van der Waals surface area contributed by atoms with Gasteiger partial charge in [0.1, 0.15) is 21.2 Å². The van der Waals surface area contributed by atoms with E-state index in [1.807, 2.05) is 0 Å². The van der Waals surface area contributed by atoms with Gasteiger partial charge in [0.05, 0.1) is 13.2 Å². The van der Waals surface area contributed by atoms with Gasteiger partial charge in [0.15, 0.2) is 0 Å². The molecule has 0 bridgehead atoms. The number of hydrogen-bond donors (Lipinski definition) is 0. The number of aromatic nitrogens is 1. The standard InChI is InChI=1S/C14H16N2O5S2/c1-9-8-10(15-21-9)11-4-3-6-16(11)23(18,19)12-5-7-22-13(12)14(17)20-2/h5,7-8,11H,3-4,6H2,1-2H3/t11-/m1/s1. The van der Waals surface area contributed by atoms with Crippen LogP contribution in [0.25, 0.3) is 0 Å². The number of thiophene rings is 1. The quantitative estimate of drug-likeness (QED) is 0.781. The fraction of sp³-hybridized carbons (Fsp3) is 0.429. The van der Waals surface area contributed by atoms with Crippen LogP contribution < -0.4 is 0 Å². The Kier molecular flexibility index (Phi) is 4.26. The molecule has 0 amide bonds. The highest BCUT2D eigenvalue weighted by Crippen LogP contribution is 2.38. The molecule has 23 heavy (non-hydrogen) atoms. The normalized spacial score (nSPS) is 19.1. The van der Waals surface area contributed by atoms with E-state index in [1.165, 1.54) is 17.5 Å². The van der Waals surface area contributed by atoms with E-state index in [2.05, 4.69) is 9.89 Å². The van der Waals surface area contributed by atoms with Gasteiger partial charge in [0, 0.05) is 12.6 Å². The van der Waals surface area contributed by atoms with Crippen LogP contribution in [-0.2, 0) is 14.8 Å². The molecule has 2 aromatic heterocycles. The van der Waals surface area contributed by atoms with Crippen LogP contribution in [-0.4, -0.2) is 37.5 Å². The SMILES string of the molecule is COC(=O)c1sccc1S(=O)(=O)N1CCC[C@@H]1c1cc(C)on1. The second-order valence-electron chi connectivity index (χ2n) is 5.24. The molecule has 0 unspecified atom stereocenters. The Labute approximate surface area is 137 Å². The fourth-order valence-electron chi connectivity index (χ4n) is 2.73. The highest BCUT2D eigenvalue weighted by Gasteiger charge is 2.40. The van der Waals surface area contributed by atoms with Crippen LogP contribution in [0.3, 0.4) is 0 Å². The van der Waals surface area contributed by atoms with Crippen LogP contribution in [0.2, 0.25) is 0 Å². The summed E-state index contributed by atoms with van der Waals surface area (Å²) in [4.78, 5) is 11.9. The van der Waals surface area contributed by atoms with Gasteiger partial charge < -0.3 is 9.26 Å². The molecule has 0 radical (unpaired) electrons. The second kappa shape index (κ2) is 6.06. The van der Waals surface area contributed by atoms with Crippen molar-refractivity contribution in [2.45, 2.75) is 30.7 Å². The molecule has 0 saturated carbocycles. The van der Waals surface area contributed by atoms with Crippen LogP contribution >= 0.6 is 11.3 Å². The number of nitrogens with zero attached hydrogens (tertiary/aromatic N) is 2. The monoisotopic (exact) mass is 356 g/mol. The minimum atomic E-state index is -3.81. The average molecular weight is 356 g/mol. The predicted molar refractivity (Wildman–Crippen MR) is 82.8 cm³/mol. The molecule has 0 N–H and O–H groups in total. The van der Waals surface area contributed by atoms with Crippen molar-refractivity contribution in [3.8, 4) is 0 Å². The summed E-state index contributed by atoms with van der Waals surface area (Å²) in [6, 6.07) is 2.81. The van der Waals surface area contributed by atoms with Gasteiger partial charge in [-0.15, -0.1) is 11.3 Å². The largest absolute Gasteiger partial charge is 0.465 e. The van der Waals surface area contributed by atoms with E-state index < -0.39 is 16.0 Å². The Morgan fingerprint density at radius 2 is 2.30 bits per heavy atom. The lowest BCUT2D eigenvalue weighted by Crippen LogP contribution is -2.31. The maximum absolute atomic E-state index is 13.0. The van der Waals surface area contributed by atoms with Crippen molar-refractivity contribution in [3.63, 3.8) is 0 Å². The first-order valence-electron chi connectivity index (χ1n) is 7.06. The Morgan fingerprint density at radius 3 is 2.96 bits per heavy atom. The number of carbonyl (C=O) groups is 1. The number of sulfonamides is 1. The molecule has 1 atom stereocenters. The maximum atomic E-state index is 13.0. The van der Waals surface area contributed by atoms with Gasteiger partial charge in [0.2, 0.25) is 10.0 Å². The number of rotatable bonds is 4. The third-order valence-corrected chi connectivity index (χ3v) is 6.75. The number of methoxy groups -OCH3 is 1. The van der Waals surface area contributed by atoms with Gasteiger partial charge in [-0.2, -0.15) is 4.31 Å². The summed E-state index contributed by atoms with van der Waals surface area (Å²) < 4.78 is 37.1. The molecular weight excluding hydrogens is 340 g/mol. The third kappa shape index (κ3) is 2.79. The van der Waals surface area contributed by atoms with Gasteiger partial charge in [-0.1, -0.05) is 5.16 Å². The Balaban J connectivity index is 1.99. The van der Waals surface area contributed by atoms with E-state index >= 15 is 0 Å². The first-order chi connectivity index (χ1) is 10.9. The molecule has 3 heterocycles. The Bertz CT molecular complexity index is 824. The van der Waals surface area contributed by atoms with Gasteiger partial charge in [-0.25, -0.2) is 13.2 Å². The van der Waals surface area contributed by atoms with Gasteiger partial charge >= 0.3 is 5.97 Å². The number of hydrogen-bond acceptors (Lipinski definition) is 7. The molecule has 2 aromatic rings. The second-order valence-corrected chi connectivity index (χ2v) is 8.02. The number of aryl methyl sites for hydroxylation is 1. The topological polar surface area (TPSA) is 89.7 Å². The molecule has 0 aromatic carbocycles. The lowest BCUT2D eigenvalue weighted by molar-refractivity contribution is 0.0602. The highest BCUT2D eigenvalue weighted by atomic mass is 32.2. The zero-order chi connectivity index (χ0) is 16.6. The first kappa shape index (κ1) is 16.2. The molecule has 1 aliphatic heterocycles. The van der Waals surface area contributed by atoms with Crippen molar-refractivity contribution in [2.24, 2.45) is 0 Å². The maximum Gasteiger partial charge on any atom is 0.349 e. The first-order valence-corrected chi connectivity index (χ1v) is 9.38. The molecular formula is C14H16N2O5S2. The highest BCUT2D eigenvalue weighted by molar-refractivity contribution is 7.89. The zero-order valence-electron chi connectivity index (χ0n) is 12.7. The smallest absolute Gasteiger partial charge is 0.349 e. The minimum Gasteiger partial charge on any atom is -0.465 e. The summed E-state index contributed by atoms with van der Waals surface area (Å²) in [5.74, 6) is -0.0124. The Morgan fingerprint density at radius 1 is 1.52 bits per heavy atom. The van der Waals surface area contributed by atoms with E-state index in [0.29, 0.717) is 24.4 Å². The Hall–Kier alpha value is -1.71. The van der Waals surface area contributed by atoms with E-state index in [0.717, 1.165) is 17.8 Å². The lowest BCUT2D eigenvalue weighted by Gasteiger charge is -2.22. The van der Waals surface area contributed by atoms with Crippen molar-refractivity contribution >= 4 is 27.3 Å². The van der Waals surface area contributed by atoms with Gasteiger partial charge in [-0.3, -0.25) is 0 Å². The summed E-state index contributed by atoms with van der Waals surface area (Å²) in [6.07, 6.45) is 1.40.